The van der Waals surface area contributed by atoms with Gasteiger partial charge in [-0.3, -0.25) is 0 Å². The van der Waals surface area contributed by atoms with Crippen molar-refractivity contribution in [3.63, 3.8) is 0 Å². The summed E-state index contributed by atoms with van der Waals surface area (Å²) in [5, 5.41) is 6.02. The van der Waals surface area contributed by atoms with Gasteiger partial charge >= 0.3 is 6.03 Å². The third-order valence-electron chi connectivity index (χ3n) is 4.29. The molecule has 114 valence electrons. The zero-order chi connectivity index (χ0) is 15.4. The Labute approximate surface area is 131 Å². The largest absolute Gasteiger partial charge is 0.331 e. The molecule has 0 bridgehead atoms. The molecule has 1 unspecified atom stereocenters. The number of anilines is 1. The molecule has 0 heterocycles. The number of urea groups is 1. The maximum atomic E-state index is 12.2. The third kappa shape index (κ3) is 3.30. The lowest BCUT2D eigenvalue weighted by atomic mass is 9.88. The first-order valence-corrected chi connectivity index (χ1v) is 8.00. The first-order chi connectivity index (χ1) is 10.8. The summed E-state index contributed by atoms with van der Waals surface area (Å²) in [6.07, 6.45) is 4.23. The minimum Gasteiger partial charge on any atom is -0.331 e. The average Bonchev–Trinajstić information content (AvgIpc) is 2.56. The number of benzene rings is 2. The van der Waals surface area contributed by atoms with E-state index in [4.69, 9.17) is 0 Å². The second-order valence-corrected chi connectivity index (χ2v) is 5.79. The van der Waals surface area contributed by atoms with E-state index in [0.717, 1.165) is 31.4 Å². The van der Waals surface area contributed by atoms with Crippen molar-refractivity contribution >= 4 is 11.7 Å². The molecule has 0 saturated heterocycles. The van der Waals surface area contributed by atoms with Crippen LogP contribution in [-0.4, -0.2) is 6.03 Å². The summed E-state index contributed by atoms with van der Waals surface area (Å²) >= 11 is 0. The summed E-state index contributed by atoms with van der Waals surface area (Å²) in [6, 6.07) is 16.4. The van der Waals surface area contributed by atoms with Gasteiger partial charge in [0.15, 0.2) is 0 Å². The molecule has 1 aliphatic carbocycles. The fraction of sp³-hybridized carbons (Fsp3) is 0.316. The smallest absolute Gasteiger partial charge is 0.319 e. The molecular formula is C19H22N2O. The first-order valence-electron chi connectivity index (χ1n) is 8.00. The number of carbonyl (C=O) groups is 1. The van der Waals surface area contributed by atoms with Crippen molar-refractivity contribution in [3.8, 4) is 0 Å². The Hall–Kier alpha value is -2.29. The van der Waals surface area contributed by atoms with Crippen LogP contribution >= 0.6 is 0 Å². The first kappa shape index (κ1) is 14.6. The molecule has 3 nitrogen and oxygen atoms in total. The van der Waals surface area contributed by atoms with Crippen LogP contribution in [0.4, 0.5) is 10.5 Å². The van der Waals surface area contributed by atoms with Crippen LogP contribution in [0.15, 0.2) is 48.5 Å². The van der Waals surface area contributed by atoms with E-state index in [1.165, 1.54) is 16.7 Å². The average molecular weight is 294 g/mol. The number of nitrogens with one attached hydrogen (secondary N) is 2. The molecule has 1 atom stereocenters. The quantitative estimate of drug-likeness (QED) is 0.863. The van der Waals surface area contributed by atoms with Gasteiger partial charge in [0.1, 0.15) is 0 Å². The van der Waals surface area contributed by atoms with Gasteiger partial charge in [0, 0.05) is 5.69 Å². The van der Waals surface area contributed by atoms with E-state index >= 15 is 0 Å². The second kappa shape index (κ2) is 6.65. The van der Waals surface area contributed by atoms with E-state index < -0.39 is 0 Å². The van der Waals surface area contributed by atoms with Crippen molar-refractivity contribution in [3.05, 3.63) is 65.2 Å². The van der Waals surface area contributed by atoms with E-state index in [9.17, 15) is 4.79 Å². The second-order valence-electron chi connectivity index (χ2n) is 5.79. The topological polar surface area (TPSA) is 41.1 Å². The van der Waals surface area contributed by atoms with Crippen LogP contribution < -0.4 is 10.6 Å². The minimum absolute atomic E-state index is 0.111. The van der Waals surface area contributed by atoms with Gasteiger partial charge in [-0.25, -0.2) is 4.79 Å². The third-order valence-corrected chi connectivity index (χ3v) is 4.29. The van der Waals surface area contributed by atoms with Gasteiger partial charge in [0.05, 0.1) is 6.04 Å². The van der Waals surface area contributed by atoms with Crippen LogP contribution in [0.5, 0.6) is 0 Å². The fourth-order valence-electron chi connectivity index (χ4n) is 3.05. The van der Waals surface area contributed by atoms with Crippen LogP contribution in [0.2, 0.25) is 0 Å². The monoisotopic (exact) mass is 294 g/mol. The van der Waals surface area contributed by atoms with Gasteiger partial charge in [0.25, 0.3) is 0 Å². The van der Waals surface area contributed by atoms with Gasteiger partial charge in [-0.2, -0.15) is 0 Å². The molecule has 1 aliphatic rings. The highest BCUT2D eigenvalue weighted by Crippen LogP contribution is 2.29. The van der Waals surface area contributed by atoms with E-state index in [2.05, 4.69) is 35.8 Å². The lowest BCUT2D eigenvalue weighted by Crippen LogP contribution is -2.34. The predicted molar refractivity (Wildman–Crippen MR) is 90.1 cm³/mol. The van der Waals surface area contributed by atoms with Crippen molar-refractivity contribution in [1.29, 1.82) is 0 Å². The number of rotatable bonds is 3. The molecular weight excluding hydrogens is 272 g/mol. The van der Waals surface area contributed by atoms with Gasteiger partial charge < -0.3 is 10.6 Å². The number of amides is 2. The lowest BCUT2D eigenvalue weighted by molar-refractivity contribution is 0.247. The van der Waals surface area contributed by atoms with Crippen LogP contribution in [-0.2, 0) is 12.8 Å². The van der Waals surface area contributed by atoms with Gasteiger partial charge in [0.2, 0.25) is 0 Å². The van der Waals surface area contributed by atoms with Crippen molar-refractivity contribution in [1.82, 2.24) is 5.32 Å². The molecule has 22 heavy (non-hydrogen) atoms. The Morgan fingerprint density at radius 2 is 1.91 bits per heavy atom. The lowest BCUT2D eigenvalue weighted by Gasteiger charge is -2.26. The fourth-order valence-corrected chi connectivity index (χ4v) is 3.05. The van der Waals surface area contributed by atoms with Crippen molar-refractivity contribution in [2.75, 3.05) is 5.32 Å². The maximum absolute atomic E-state index is 12.2. The molecule has 0 aliphatic heterocycles. The molecule has 0 radical (unpaired) electrons. The summed E-state index contributed by atoms with van der Waals surface area (Å²) in [6.45, 7) is 2.12. The highest BCUT2D eigenvalue weighted by molar-refractivity contribution is 5.89. The highest BCUT2D eigenvalue weighted by Gasteiger charge is 2.21. The van der Waals surface area contributed by atoms with E-state index in [1.54, 1.807) is 0 Å². The Morgan fingerprint density at radius 1 is 1.14 bits per heavy atom. The Kier molecular flexibility index (Phi) is 4.42. The molecule has 2 aromatic rings. The Bertz CT molecular complexity index is 649. The van der Waals surface area contributed by atoms with Crippen molar-refractivity contribution < 1.29 is 4.79 Å². The SMILES string of the molecule is CCc1ccc(NC(=O)NC2CCCc3ccccc32)cc1. The van der Waals surface area contributed by atoms with E-state index in [-0.39, 0.29) is 12.1 Å². The zero-order valence-corrected chi connectivity index (χ0v) is 12.9. The van der Waals surface area contributed by atoms with Gasteiger partial charge in [-0.05, 0) is 54.5 Å². The number of fused-ring (bicyclic) bond motifs is 1. The van der Waals surface area contributed by atoms with Crippen molar-refractivity contribution in [2.45, 2.75) is 38.6 Å². The highest BCUT2D eigenvalue weighted by atomic mass is 16.2. The van der Waals surface area contributed by atoms with Gasteiger partial charge in [-0.1, -0.05) is 43.3 Å². The normalized spacial score (nSPS) is 16.7. The van der Waals surface area contributed by atoms with Crippen LogP contribution in [0, 0.1) is 0 Å². The summed E-state index contributed by atoms with van der Waals surface area (Å²) in [4.78, 5) is 12.2. The van der Waals surface area contributed by atoms with Crippen LogP contribution in [0.3, 0.4) is 0 Å². The summed E-state index contributed by atoms with van der Waals surface area (Å²) in [7, 11) is 0. The number of aryl methyl sites for hydroxylation is 2. The number of hydrogen-bond donors (Lipinski definition) is 2. The molecule has 0 fully saturated rings. The van der Waals surface area contributed by atoms with E-state index in [0.29, 0.717) is 0 Å². The standard InChI is InChI=1S/C19H22N2O/c1-2-14-10-12-16(13-11-14)20-19(22)21-18-9-5-7-15-6-3-4-8-17(15)18/h3-4,6,8,10-13,18H,2,5,7,9H2,1H3,(H2,20,21,22). The molecule has 2 aromatic carbocycles. The molecule has 0 spiro atoms. The summed E-state index contributed by atoms with van der Waals surface area (Å²) in [5.41, 5.74) is 4.71. The predicted octanol–water partition coefficient (Wildman–Crippen LogP) is 4.45. The number of carbonyl (C=O) groups excluding carboxylic acids is 1. The molecule has 2 amide bonds. The molecule has 3 rings (SSSR count). The summed E-state index contributed by atoms with van der Waals surface area (Å²) in [5.74, 6) is 0. The van der Waals surface area contributed by atoms with Crippen molar-refractivity contribution in [2.24, 2.45) is 0 Å². The summed E-state index contributed by atoms with van der Waals surface area (Å²) < 4.78 is 0. The minimum atomic E-state index is -0.133. The molecule has 0 aromatic heterocycles. The van der Waals surface area contributed by atoms with Crippen LogP contribution in [0.1, 0.15) is 42.5 Å². The van der Waals surface area contributed by atoms with Crippen LogP contribution in [0.25, 0.3) is 0 Å². The molecule has 2 N–H and O–H groups in total. The maximum Gasteiger partial charge on any atom is 0.319 e. The Morgan fingerprint density at radius 3 is 2.68 bits per heavy atom. The molecule has 3 heteroatoms. The Balaban J connectivity index is 1.65. The number of hydrogen-bond acceptors (Lipinski definition) is 1. The van der Waals surface area contributed by atoms with E-state index in [1.807, 2.05) is 30.3 Å². The molecule has 0 saturated carbocycles. The zero-order valence-electron chi connectivity index (χ0n) is 12.9. The van der Waals surface area contributed by atoms with Gasteiger partial charge in [-0.15, -0.1) is 0 Å².